The van der Waals surface area contributed by atoms with Crippen LogP contribution in [0.3, 0.4) is 0 Å². The van der Waals surface area contributed by atoms with Gasteiger partial charge in [-0.15, -0.1) is 0 Å². The number of carbonyl (C=O) groups is 2. The van der Waals surface area contributed by atoms with Crippen LogP contribution in [0.4, 0.5) is 5.69 Å². The summed E-state index contributed by atoms with van der Waals surface area (Å²) < 4.78 is 0. The van der Waals surface area contributed by atoms with E-state index in [-0.39, 0.29) is 11.8 Å². The zero-order valence-corrected chi connectivity index (χ0v) is 12.6. The van der Waals surface area contributed by atoms with E-state index in [1.54, 1.807) is 12.3 Å². The smallest absolute Gasteiger partial charge is 0.246 e. The number of hydrogen-bond acceptors (Lipinski definition) is 4. The summed E-state index contributed by atoms with van der Waals surface area (Å²) in [6.45, 7) is 1.39. The number of rotatable bonds is 5. The molecule has 1 aromatic heterocycles. The maximum atomic E-state index is 12.2. The highest BCUT2D eigenvalue weighted by molar-refractivity contribution is 7.80. The van der Waals surface area contributed by atoms with E-state index in [0.29, 0.717) is 17.9 Å². The second-order valence-corrected chi connectivity index (χ2v) is 5.11. The van der Waals surface area contributed by atoms with Gasteiger partial charge in [-0.2, -0.15) is 12.6 Å². The maximum absolute atomic E-state index is 12.2. The quantitative estimate of drug-likeness (QED) is 0.740. The number of fused-ring (bicyclic) bond motifs is 1. The molecular formula is C15H17N3O2S. The summed E-state index contributed by atoms with van der Waals surface area (Å²) in [7, 11) is 0. The van der Waals surface area contributed by atoms with Crippen LogP contribution in [0.25, 0.3) is 10.9 Å². The minimum atomic E-state index is -0.579. The van der Waals surface area contributed by atoms with Crippen molar-refractivity contribution in [3.8, 4) is 0 Å². The van der Waals surface area contributed by atoms with Gasteiger partial charge in [0.25, 0.3) is 0 Å². The Kier molecular flexibility index (Phi) is 5.16. The summed E-state index contributed by atoms with van der Waals surface area (Å²) >= 11 is 4.11. The fourth-order valence-electron chi connectivity index (χ4n) is 2.03. The predicted molar refractivity (Wildman–Crippen MR) is 86.4 cm³/mol. The van der Waals surface area contributed by atoms with Crippen molar-refractivity contribution >= 4 is 41.0 Å². The lowest BCUT2D eigenvalue weighted by Gasteiger charge is -2.16. The Labute approximate surface area is 128 Å². The number of amides is 2. The molecule has 0 aliphatic carbocycles. The largest absolute Gasteiger partial charge is 0.345 e. The molecule has 2 rings (SSSR count). The number of aromatic nitrogens is 1. The number of thiol groups is 1. The van der Waals surface area contributed by atoms with E-state index in [1.165, 1.54) is 6.92 Å². The Bertz CT molecular complexity index is 660. The molecular weight excluding hydrogens is 286 g/mol. The number of anilines is 1. The normalized spacial score (nSPS) is 11.9. The van der Waals surface area contributed by atoms with Gasteiger partial charge in [0.05, 0.1) is 5.52 Å². The van der Waals surface area contributed by atoms with Gasteiger partial charge < -0.3 is 10.6 Å². The third-order valence-corrected chi connectivity index (χ3v) is 3.24. The number of carbonyl (C=O) groups excluding carboxylic acids is 2. The lowest BCUT2D eigenvalue weighted by atomic mass is 10.1. The molecule has 0 saturated carbocycles. The van der Waals surface area contributed by atoms with Gasteiger partial charge >= 0.3 is 0 Å². The second kappa shape index (κ2) is 7.08. The maximum Gasteiger partial charge on any atom is 0.246 e. The molecule has 0 bridgehead atoms. The highest BCUT2D eigenvalue weighted by Crippen LogP contribution is 2.17. The zero-order chi connectivity index (χ0) is 15.2. The van der Waals surface area contributed by atoms with Gasteiger partial charge in [-0.25, -0.2) is 0 Å². The van der Waals surface area contributed by atoms with Gasteiger partial charge in [-0.3, -0.25) is 14.6 Å². The Balaban J connectivity index is 2.13. The Morgan fingerprint density at radius 3 is 2.86 bits per heavy atom. The Hall–Kier alpha value is -2.08. The minimum Gasteiger partial charge on any atom is -0.345 e. The first-order chi connectivity index (χ1) is 10.1. The molecule has 2 aromatic rings. The third-order valence-electron chi connectivity index (χ3n) is 2.98. The Morgan fingerprint density at radius 1 is 1.33 bits per heavy atom. The van der Waals surface area contributed by atoms with Crippen molar-refractivity contribution < 1.29 is 9.59 Å². The van der Waals surface area contributed by atoms with Crippen molar-refractivity contribution in [2.75, 3.05) is 11.1 Å². The highest BCUT2D eigenvalue weighted by Gasteiger charge is 2.18. The molecule has 0 saturated heterocycles. The number of pyridine rings is 1. The second-order valence-electron chi connectivity index (χ2n) is 4.67. The van der Waals surface area contributed by atoms with Crippen molar-refractivity contribution in [3.63, 3.8) is 0 Å². The summed E-state index contributed by atoms with van der Waals surface area (Å²) in [4.78, 5) is 27.6. The van der Waals surface area contributed by atoms with Crippen LogP contribution in [0.15, 0.2) is 36.5 Å². The average molecular weight is 303 g/mol. The van der Waals surface area contributed by atoms with Crippen LogP contribution in [-0.4, -0.2) is 28.6 Å². The standard InChI is InChI=1S/C15H17N3O2S/c1-10(19)17-14(6-8-21)15(20)18-12-4-5-13-11(9-12)3-2-7-16-13/h2-5,7,9,14,21H,6,8H2,1H3,(H,17,19)(H,18,20). The molecule has 0 fully saturated rings. The lowest BCUT2D eigenvalue weighted by Crippen LogP contribution is -2.43. The van der Waals surface area contributed by atoms with Crippen LogP contribution in [0.1, 0.15) is 13.3 Å². The van der Waals surface area contributed by atoms with Crippen molar-refractivity contribution in [2.45, 2.75) is 19.4 Å². The monoisotopic (exact) mass is 303 g/mol. The molecule has 0 radical (unpaired) electrons. The highest BCUT2D eigenvalue weighted by atomic mass is 32.1. The van der Waals surface area contributed by atoms with Gasteiger partial charge in [0.2, 0.25) is 11.8 Å². The molecule has 1 unspecified atom stereocenters. The molecule has 0 spiro atoms. The number of hydrogen-bond donors (Lipinski definition) is 3. The first-order valence-corrected chi connectivity index (χ1v) is 7.27. The fraction of sp³-hybridized carbons (Fsp3) is 0.267. The number of nitrogens with one attached hydrogen (secondary N) is 2. The Morgan fingerprint density at radius 2 is 2.14 bits per heavy atom. The van der Waals surface area contributed by atoms with Crippen LogP contribution >= 0.6 is 12.6 Å². The summed E-state index contributed by atoms with van der Waals surface area (Å²) in [6.07, 6.45) is 2.20. The molecule has 2 amide bonds. The summed E-state index contributed by atoms with van der Waals surface area (Å²) in [5.74, 6) is 0.0298. The first-order valence-electron chi connectivity index (χ1n) is 6.64. The van der Waals surface area contributed by atoms with E-state index in [1.807, 2.05) is 24.3 Å². The van der Waals surface area contributed by atoms with Gasteiger partial charge in [0.1, 0.15) is 6.04 Å². The van der Waals surface area contributed by atoms with E-state index in [9.17, 15) is 9.59 Å². The molecule has 1 atom stereocenters. The van der Waals surface area contributed by atoms with Crippen LogP contribution in [-0.2, 0) is 9.59 Å². The first kappa shape index (κ1) is 15.3. The van der Waals surface area contributed by atoms with Crippen molar-refractivity contribution in [3.05, 3.63) is 36.5 Å². The van der Waals surface area contributed by atoms with Crippen LogP contribution < -0.4 is 10.6 Å². The van der Waals surface area contributed by atoms with Crippen LogP contribution in [0.5, 0.6) is 0 Å². The summed E-state index contributed by atoms with van der Waals surface area (Å²) in [5, 5.41) is 6.38. The SMILES string of the molecule is CC(=O)NC(CCS)C(=O)Nc1ccc2ncccc2c1. The topological polar surface area (TPSA) is 71.1 Å². The molecule has 21 heavy (non-hydrogen) atoms. The molecule has 1 heterocycles. The number of nitrogens with zero attached hydrogens (tertiary/aromatic N) is 1. The van der Waals surface area contributed by atoms with Crippen LogP contribution in [0, 0.1) is 0 Å². The van der Waals surface area contributed by atoms with Gasteiger partial charge in [-0.05, 0) is 36.4 Å². The average Bonchev–Trinajstić information content (AvgIpc) is 2.46. The molecule has 0 aliphatic rings. The van der Waals surface area contributed by atoms with Crippen molar-refractivity contribution in [2.24, 2.45) is 0 Å². The molecule has 0 aliphatic heterocycles. The van der Waals surface area contributed by atoms with Crippen molar-refractivity contribution in [1.29, 1.82) is 0 Å². The molecule has 6 heteroatoms. The minimum absolute atomic E-state index is 0.236. The van der Waals surface area contributed by atoms with E-state index >= 15 is 0 Å². The molecule has 110 valence electrons. The molecule has 2 N–H and O–H groups in total. The lowest BCUT2D eigenvalue weighted by molar-refractivity contribution is -0.125. The fourth-order valence-corrected chi connectivity index (χ4v) is 2.28. The number of benzene rings is 1. The van der Waals surface area contributed by atoms with Gasteiger partial charge in [0, 0.05) is 24.2 Å². The van der Waals surface area contributed by atoms with E-state index in [2.05, 4.69) is 28.2 Å². The van der Waals surface area contributed by atoms with E-state index in [0.717, 1.165) is 10.9 Å². The van der Waals surface area contributed by atoms with Crippen molar-refractivity contribution in [1.82, 2.24) is 10.3 Å². The molecule has 1 aromatic carbocycles. The van der Waals surface area contributed by atoms with Crippen LogP contribution in [0.2, 0.25) is 0 Å². The summed E-state index contributed by atoms with van der Waals surface area (Å²) in [5.41, 5.74) is 1.54. The van der Waals surface area contributed by atoms with Gasteiger partial charge in [0.15, 0.2) is 0 Å². The van der Waals surface area contributed by atoms with E-state index < -0.39 is 6.04 Å². The summed E-state index contributed by atoms with van der Waals surface area (Å²) in [6, 6.07) is 8.68. The molecule has 5 nitrogen and oxygen atoms in total. The predicted octanol–water partition coefficient (Wildman–Crippen LogP) is 2.00. The third kappa shape index (κ3) is 4.19. The zero-order valence-electron chi connectivity index (χ0n) is 11.7. The van der Waals surface area contributed by atoms with Gasteiger partial charge in [-0.1, -0.05) is 6.07 Å². The van der Waals surface area contributed by atoms with E-state index in [4.69, 9.17) is 0 Å².